The Balaban J connectivity index is 1.98. The Morgan fingerprint density at radius 3 is 2.67 bits per heavy atom. The summed E-state index contributed by atoms with van der Waals surface area (Å²) in [6.07, 6.45) is 0. The molecule has 21 heavy (non-hydrogen) atoms. The van der Waals surface area contributed by atoms with Gasteiger partial charge in [-0.2, -0.15) is 0 Å². The Bertz CT molecular complexity index is 883. The molecular formula is C16H9ClO4. The maximum atomic E-state index is 12.1. The van der Waals surface area contributed by atoms with E-state index in [1.165, 1.54) is 12.1 Å². The second-order valence-corrected chi connectivity index (χ2v) is 4.77. The van der Waals surface area contributed by atoms with Crippen LogP contribution in [0.4, 0.5) is 0 Å². The van der Waals surface area contributed by atoms with Gasteiger partial charge in [0.2, 0.25) is 0 Å². The molecule has 0 radical (unpaired) electrons. The molecule has 2 aromatic carbocycles. The number of hydrogen-bond donors (Lipinski definition) is 0. The summed E-state index contributed by atoms with van der Waals surface area (Å²) in [7, 11) is 0. The van der Waals surface area contributed by atoms with Gasteiger partial charge in [-0.1, -0.05) is 35.9 Å². The molecule has 0 saturated carbocycles. The third kappa shape index (κ3) is 2.80. The van der Waals surface area contributed by atoms with E-state index in [9.17, 15) is 9.59 Å². The highest BCUT2D eigenvalue weighted by molar-refractivity contribution is 6.30. The van der Waals surface area contributed by atoms with Gasteiger partial charge < -0.3 is 9.15 Å². The molecule has 0 atom stereocenters. The van der Waals surface area contributed by atoms with E-state index in [1.54, 1.807) is 42.5 Å². The molecule has 0 aliphatic rings. The number of rotatable bonds is 2. The Labute approximate surface area is 124 Å². The molecule has 0 spiro atoms. The summed E-state index contributed by atoms with van der Waals surface area (Å²) < 4.78 is 10.2. The molecule has 0 bridgehead atoms. The number of esters is 1. The molecule has 0 unspecified atom stereocenters. The SMILES string of the molecule is O=C(Oc1cccc(Cl)c1)c1cc2ccccc2oc1=O. The fourth-order valence-corrected chi connectivity index (χ4v) is 2.08. The van der Waals surface area contributed by atoms with Gasteiger partial charge in [0.1, 0.15) is 16.9 Å². The average molecular weight is 301 g/mol. The van der Waals surface area contributed by atoms with Crippen molar-refractivity contribution in [2.45, 2.75) is 0 Å². The predicted octanol–water partition coefficient (Wildman–Crippen LogP) is 3.67. The summed E-state index contributed by atoms with van der Waals surface area (Å²) in [5.74, 6) is -0.517. The Kier molecular flexibility index (Phi) is 3.46. The molecule has 3 aromatic rings. The van der Waals surface area contributed by atoms with Crippen LogP contribution < -0.4 is 10.4 Å². The van der Waals surface area contributed by atoms with Crippen LogP contribution in [0.3, 0.4) is 0 Å². The zero-order valence-corrected chi connectivity index (χ0v) is 11.5. The minimum absolute atomic E-state index is 0.159. The topological polar surface area (TPSA) is 56.5 Å². The van der Waals surface area contributed by atoms with Crippen LogP contribution in [0.5, 0.6) is 5.75 Å². The molecule has 1 heterocycles. The first-order chi connectivity index (χ1) is 10.1. The first-order valence-electron chi connectivity index (χ1n) is 6.14. The fraction of sp³-hybridized carbons (Fsp3) is 0. The molecule has 5 heteroatoms. The lowest BCUT2D eigenvalue weighted by atomic mass is 10.2. The van der Waals surface area contributed by atoms with Crippen LogP contribution in [0.1, 0.15) is 10.4 Å². The highest BCUT2D eigenvalue weighted by atomic mass is 35.5. The van der Waals surface area contributed by atoms with E-state index in [0.29, 0.717) is 16.0 Å². The number of halogens is 1. The van der Waals surface area contributed by atoms with Gasteiger partial charge in [0.15, 0.2) is 0 Å². The summed E-state index contributed by atoms with van der Waals surface area (Å²) in [6.45, 7) is 0. The first kappa shape index (κ1) is 13.4. The molecular weight excluding hydrogens is 292 g/mol. The van der Waals surface area contributed by atoms with Crippen molar-refractivity contribution in [1.82, 2.24) is 0 Å². The van der Waals surface area contributed by atoms with Crippen LogP contribution in [0.25, 0.3) is 11.0 Å². The van der Waals surface area contributed by atoms with Gasteiger partial charge in [-0.25, -0.2) is 9.59 Å². The average Bonchev–Trinajstić information content (AvgIpc) is 2.46. The number of fused-ring (bicyclic) bond motifs is 1. The maximum Gasteiger partial charge on any atom is 0.351 e. The Morgan fingerprint density at radius 2 is 1.86 bits per heavy atom. The highest BCUT2D eigenvalue weighted by Gasteiger charge is 2.16. The van der Waals surface area contributed by atoms with Gasteiger partial charge >= 0.3 is 11.6 Å². The zero-order valence-electron chi connectivity index (χ0n) is 10.7. The lowest BCUT2D eigenvalue weighted by molar-refractivity contribution is 0.0730. The third-order valence-corrected chi connectivity index (χ3v) is 3.10. The van der Waals surface area contributed by atoms with E-state index in [0.717, 1.165) is 0 Å². The van der Waals surface area contributed by atoms with Crippen molar-refractivity contribution in [2.24, 2.45) is 0 Å². The lowest BCUT2D eigenvalue weighted by Crippen LogP contribution is -2.18. The molecule has 0 amide bonds. The molecule has 0 aliphatic heterocycles. The summed E-state index contributed by atoms with van der Waals surface area (Å²) in [6, 6.07) is 14.8. The molecule has 3 rings (SSSR count). The smallest absolute Gasteiger partial charge is 0.351 e. The molecule has 104 valence electrons. The summed E-state index contributed by atoms with van der Waals surface area (Å²) >= 11 is 5.81. The standard InChI is InChI=1S/C16H9ClO4/c17-11-5-3-6-12(9-11)20-15(18)13-8-10-4-1-2-7-14(10)21-16(13)19/h1-9H. The van der Waals surface area contributed by atoms with Gasteiger partial charge in [-0.15, -0.1) is 0 Å². The highest BCUT2D eigenvalue weighted by Crippen LogP contribution is 2.19. The fourth-order valence-electron chi connectivity index (χ4n) is 1.90. The molecule has 1 aromatic heterocycles. The molecule has 0 aliphatic carbocycles. The van der Waals surface area contributed by atoms with E-state index in [2.05, 4.69) is 0 Å². The van der Waals surface area contributed by atoms with Gasteiger partial charge in [0.05, 0.1) is 0 Å². The van der Waals surface area contributed by atoms with Gasteiger partial charge in [-0.05, 0) is 30.3 Å². The summed E-state index contributed by atoms with van der Waals surface area (Å²) in [5.41, 5.74) is -0.476. The van der Waals surface area contributed by atoms with E-state index in [1.807, 2.05) is 0 Å². The minimum Gasteiger partial charge on any atom is -0.423 e. The second-order valence-electron chi connectivity index (χ2n) is 4.33. The Hall–Kier alpha value is -2.59. The molecule has 0 fully saturated rings. The third-order valence-electron chi connectivity index (χ3n) is 2.87. The quantitative estimate of drug-likeness (QED) is 0.412. The summed E-state index contributed by atoms with van der Waals surface area (Å²) in [5, 5.41) is 1.08. The monoisotopic (exact) mass is 300 g/mol. The number of benzene rings is 2. The number of para-hydroxylation sites is 1. The zero-order chi connectivity index (χ0) is 14.8. The van der Waals surface area contributed by atoms with E-state index < -0.39 is 11.6 Å². The first-order valence-corrected chi connectivity index (χ1v) is 6.52. The lowest BCUT2D eigenvalue weighted by Gasteiger charge is -2.04. The van der Waals surface area contributed by atoms with E-state index in [4.69, 9.17) is 20.8 Å². The second kappa shape index (κ2) is 5.42. The number of ether oxygens (including phenoxy) is 1. The van der Waals surface area contributed by atoms with Crippen molar-refractivity contribution in [1.29, 1.82) is 0 Å². The van der Waals surface area contributed by atoms with Gasteiger partial charge in [0.25, 0.3) is 0 Å². The summed E-state index contributed by atoms with van der Waals surface area (Å²) in [4.78, 5) is 23.9. The van der Waals surface area contributed by atoms with Crippen molar-refractivity contribution in [2.75, 3.05) is 0 Å². The van der Waals surface area contributed by atoms with Crippen LogP contribution >= 0.6 is 11.6 Å². The molecule has 0 saturated heterocycles. The van der Waals surface area contributed by atoms with Crippen LogP contribution in [0, 0.1) is 0 Å². The van der Waals surface area contributed by atoms with E-state index in [-0.39, 0.29) is 11.3 Å². The molecule has 0 N–H and O–H groups in total. The largest absolute Gasteiger partial charge is 0.423 e. The maximum absolute atomic E-state index is 12.1. The number of carbonyl (C=O) groups excluding carboxylic acids is 1. The van der Waals surface area contributed by atoms with E-state index >= 15 is 0 Å². The van der Waals surface area contributed by atoms with Crippen LogP contribution in [-0.4, -0.2) is 5.97 Å². The van der Waals surface area contributed by atoms with Crippen LogP contribution in [-0.2, 0) is 0 Å². The number of carbonyl (C=O) groups is 1. The normalized spacial score (nSPS) is 10.5. The van der Waals surface area contributed by atoms with Gasteiger partial charge in [0, 0.05) is 10.4 Å². The van der Waals surface area contributed by atoms with Crippen molar-refractivity contribution < 1.29 is 13.9 Å². The minimum atomic E-state index is -0.781. The van der Waals surface area contributed by atoms with Crippen molar-refractivity contribution >= 4 is 28.5 Å². The van der Waals surface area contributed by atoms with Crippen molar-refractivity contribution in [3.63, 3.8) is 0 Å². The predicted molar refractivity (Wildman–Crippen MR) is 78.9 cm³/mol. The Morgan fingerprint density at radius 1 is 1.05 bits per heavy atom. The van der Waals surface area contributed by atoms with Crippen LogP contribution in [0.15, 0.2) is 63.8 Å². The number of hydrogen-bond acceptors (Lipinski definition) is 4. The van der Waals surface area contributed by atoms with Crippen LogP contribution in [0.2, 0.25) is 5.02 Å². The van der Waals surface area contributed by atoms with Gasteiger partial charge in [-0.3, -0.25) is 0 Å². The van der Waals surface area contributed by atoms with Crippen molar-refractivity contribution in [3.05, 3.63) is 75.6 Å². The molecule has 4 nitrogen and oxygen atoms in total. The van der Waals surface area contributed by atoms with Crippen molar-refractivity contribution in [3.8, 4) is 5.75 Å².